The van der Waals surface area contributed by atoms with Crippen LogP contribution in [0.5, 0.6) is 5.75 Å². The van der Waals surface area contributed by atoms with Crippen molar-refractivity contribution in [2.45, 2.75) is 31.4 Å². The highest BCUT2D eigenvalue weighted by Crippen LogP contribution is 2.39. The second-order valence-electron chi connectivity index (χ2n) is 7.38. The van der Waals surface area contributed by atoms with E-state index in [-0.39, 0.29) is 6.10 Å². The minimum absolute atomic E-state index is 0.0519. The molecule has 0 amide bonds. The Kier molecular flexibility index (Phi) is 4.30. The SMILES string of the molecule is COc1ccc2cc(C3CN(Cc4nnc(C5CC5)o4)CCO3)ccc2c1. The third-order valence-electron chi connectivity index (χ3n) is 5.36. The number of benzene rings is 2. The first kappa shape index (κ1) is 16.7. The first-order chi connectivity index (χ1) is 13.3. The van der Waals surface area contributed by atoms with Gasteiger partial charge in [-0.05, 0) is 47.4 Å². The minimum atomic E-state index is 0.0519. The van der Waals surface area contributed by atoms with E-state index in [9.17, 15) is 0 Å². The standard InChI is InChI=1S/C21H23N3O3/c1-25-18-7-6-15-10-17(5-4-16(15)11-18)19-12-24(8-9-26-19)13-20-22-23-21(27-20)14-2-3-14/h4-7,10-11,14,19H,2-3,8-9,12-13H2,1H3. The lowest BCUT2D eigenvalue weighted by Gasteiger charge is -2.32. The Morgan fingerprint density at radius 3 is 2.81 bits per heavy atom. The van der Waals surface area contributed by atoms with Crippen LogP contribution in [0.3, 0.4) is 0 Å². The minimum Gasteiger partial charge on any atom is -0.497 e. The molecule has 1 saturated heterocycles. The summed E-state index contributed by atoms with van der Waals surface area (Å²) < 4.78 is 17.2. The smallest absolute Gasteiger partial charge is 0.230 e. The third-order valence-corrected chi connectivity index (χ3v) is 5.36. The molecule has 1 atom stereocenters. The van der Waals surface area contributed by atoms with Gasteiger partial charge < -0.3 is 13.9 Å². The van der Waals surface area contributed by atoms with Crippen LogP contribution < -0.4 is 4.74 Å². The van der Waals surface area contributed by atoms with Crippen LogP contribution in [0.1, 0.15) is 42.2 Å². The maximum Gasteiger partial charge on any atom is 0.230 e. The first-order valence-electron chi connectivity index (χ1n) is 9.52. The Labute approximate surface area is 158 Å². The summed E-state index contributed by atoms with van der Waals surface area (Å²) in [5.41, 5.74) is 1.20. The maximum atomic E-state index is 6.05. The number of morpholine rings is 1. The van der Waals surface area contributed by atoms with E-state index < -0.39 is 0 Å². The van der Waals surface area contributed by atoms with Crippen molar-refractivity contribution in [2.24, 2.45) is 0 Å². The highest BCUT2D eigenvalue weighted by molar-refractivity contribution is 5.84. The molecule has 6 heteroatoms. The van der Waals surface area contributed by atoms with Gasteiger partial charge in [-0.25, -0.2) is 0 Å². The molecule has 27 heavy (non-hydrogen) atoms. The van der Waals surface area contributed by atoms with Crippen LogP contribution in [0.15, 0.2) is 40.8 Å². The van der Waals surface area contributed by atoms with Crippen molar-refractivity contribution in [3.8, 4) is 5.75 Å². The van der Waals surface area contributed by atoms with E-state index in [1.165, 1.54) is 29.2 Å². The zero-order valence-electron chi connectivity index (χ0n) is 15.4. The summed E-state index contributed by atoms with van der Waals surface area (Å²) in [6.45, 7) is 3.09. The molecule has 5 rings (SSSR count). The predicted molar refractivity (Wildman–Crippen MR) is 101 cm³/mol. The third kappa shape index (κ3) is 3.55. The monoisotopic (exact) mass is 365 g/mol. The Morgan fingerprint density at radius 1 is 1.11 bits per heavy atom. The van der Waals surface area contributed by atoms with Crippen molar-refractivity contribution in [2.75, 3.05) is 26.8 Å². The van der Waals surface area contributed by atoms with Crippen molar-refractivity contribution >= 4 is 10.8 Å². The molecule has 1 aliphatic carbocycles. The molecule has 0 spiro atoms. The second kappa shape index (κ2) is 6.94. The van der Waals surface area contributed by atoms with E-state index in [4.69, 9.17) is 13.9 Å². The van der Waals surface area contributed by atoms with Gasteiger partial charge in [-0.15, -0.1) is 10.2 Å². The molecule has 2 fully saturated rings. The molecule has 0 bridgehead atoms. The molecule has 0 radical (unpaired) electrons. The van der Waals surface area contributed by atoms with E-state index in [1.807, 2.05) is 6.07 Å². The summed E-state index contributed by atoms with van der Waals surface area (Å²) in [5.74, 6) is 2.89. The first-order valence-corrected chi connectivity index (χ1v) is 9.52. The van der Waals surface area contributed by atoms with Crippen LogP contribution in [0.2, 0.25) is 0 Å². The molecule has 2 heterocycles. The Bertz CT molecular complexity index is 951. The summed E-state index contributed by atoms with van der Waals surface area (Å²) in [6.07, 6.45) is 2.40. The van der Waals surface area contributed by atoms with E-state index in [1.54, 1.807) is 7.11 Å². The van der Waals surface area contributed by atoms with Crippen LogP contribution in [0, 0.1) is 0 Å². The molecule has 6 nitrogen and oxygen atoms in total. The van der Waals surface area contributed by atoms with E-state index >= 15 is 0 Å². The normalized spacial score (nSPS) is 20.9. The number of fused-ring (bicyclic) bond motifs is 1. The fourth-order valence-electron chi connectivity index (χ4n) is 3.63. The lowest BCUT2D eigenvalue weighted by atomic mass is 10.0. The number of rotatable bonds is 5. The molecule has 140 valence electrons. The Balaban J connectivity index is 1.30. The van der Waals surface area contributed by atoms with E-state index in [0.717, 1.165) is 24.7 Å². The van der Waals surface area contributed by atoms with E-state index in [2.05, 4.69) is 45.4 Å². The number of methoxy groups -OCH3 is 1. The van der Waals surface area contributed by atoms with Gasteiger partial charge in [0.2, 0.25) is 11.8 Å². The Morgan fingerprint density at radius 2 is 1.96 bits per heavy atom. The summed E-state index contributed by atoms with van der Waals surface area (Å²) in [7, 11) is 1.69. The van der Waals surface area contributed by atoms with E-state index in [0.29, 0.717) is 25.0 Å². The van der Waals surface area contributed by atoms with Gasteiger partial charge in [0.25, 0.3) is 0 Å². The topological polar surface area (TPSA) is 60.6 Å². The van der Waals surface area contributed by atoms with Gasteiger partial charge in [0.1, 0.15) is 5.75 Å². The number of nitrogens with zero attached hydrogens (tertiary/aromatic N) is 3. The summed E-state index contributed by atoms with van der Waals surface area (Å²) in [5, 5.41) is 10.8. The number of hydrogen-bond donors (Lipinski definition) is 0. The summed E-state index contributed by atoms with van der Waals surface area (Å²) >= 11 is 0. The molecular weight excluding hydrogens is 342 g/mol. The predicted octanol–water partition coefficient (Wildman–Crippen LogP) is 3.68. The van der Waals surface area contributed by atoms with Crippen molar-refractivity contribution in [1.82, 2.24) is 15.1 Å². The van der Waals surface area contributed by atoms with Gasteiger partial charge >= 0.3 is 0 Å². The molecule has 1 saturated carbocycles. The van der Waals surface area contributed by atoms with Crippen molar-refractivity contribution in [3.05, 3.63) is 53.7 Å². The van der Waals surface area contributed by atoms with Crippen LogP contribution >= 0.6 is 0 Å². The Hall–Kier alpha value is -2.44. The highest BCUT2D eigenvalue weighted by atomic mass is 16.5. The largest absolute Gasteiger partial charge is 0.497 e. The molecule has 1 unspecified atom stereocenters. The van der Waals surface area contributed by atoms with Gasteiger partial charge in [0, 0.05) is 19.0 Å². The second-order valence-corrected chi connectivity index (χ2v) is 7.38. The van der Waals surface area contributed by atoms with Gasteiger partial charge in [-0.3, -0.25) is 4.90 Å². The number of hydrogen-bond acceptors (Lipinski definition) is 6. The maximum absolute atomic E-state index is 6.05. The average Bonchev–Trinajstić information content (AvgIpc) is 3.47. The van der Waals surface area contributed by atoms with Gasteiger partial charge in [0.15, 0.2) is 0 Å². The van der Waals surface area contributed by atoms with Crippen molar-refractivity contribution in [3.63, 3.8) is 0 Å². The fourth-order valence-corrected chi connectivity index (χ4v) is 3.63. The summed E-state index contributed by atoms with van der Waals surface area (Å²) in [6, 6.07) is 12.6. The molecule has 2 aliphatic rings. The fraction of sp³-hybridized carbons (Fsp3) is 0.429. The molecule has 2 aromatic carbocycles. The zero-order valence-corrected chi connectivity index (χ0v) is 15.4. The van der Waals surface area contributed by atoms with Crippen LogP contribution in [0.4, 0.5) is 0 Å². The van der Waals surface area contributed by atoms with Gasteiger partial charge in [0.05, 0.1) is 26.4 Å². The molecule has 3 aromatic rings. The van der Waals surface area contributed by atoms with Crippen LogP contribution in [-0.4, -0.2) is 41.9 Å². The molecular formula is C21H23N3O3. The summed E-state index contributed by atoms with van der Waals surface area (Å²) in [4.78, 5) is 2.33. The molecule has 1 aromatic heterocycles. The van der Waals surface area contributed by atoms with Crippen LogP contribution in [0.25, 0.3) is 10.8 Å². The van der Waals surface area contributed by atoms with Gasteiger partial charge in [-0.2, -0.15) is 0 Å². The van der Waals surface area contributed by atoms with Gasteiger partial charge in [-0.1, -0.05) is 18.2 Å². The van der Waals surface area contributed by atoms with Crippen LogP contribution in [-0.2, 0) is 11.3 Å². The average molecular weight is 365 g/mol. The molecule has 0 N–H and O–H groups in total. The lowest BCUT2D eigenvalue weighted by molar-refractivity contribution is -0.0351. The van der Waals surface area contributed by atoms with Crippen molar-refractivity contribution < 1.29 is 13.9 Å². The number of ether oxygens (including phenoxy) is 2. The molecule has 1 aliphatic heterocycles. The quantitative estimate of drug-likeness (QED) is 0.687. The lowest BCUT2D eigenvalue weighted by Crippen LogP contribution is -2.37. The number of aromatic nitrogens is 2. The zero-order chi connectivity index (χ0) is 18.2. The highest BCUT2D eigenvalue weighted by Gasteiger charge is 2.30. The van der Waals surface area contributed by atoms with Crippen molar-refractivity contribution in [1.29, 1.82) is 0 Å².